The average Bonchev–Trinajstić information content (AvgIpc) is 2.87. The molecule has 1 fully saturated rings. The molecule has 3 rings (SSSR count). The minimum atomic E-state index is 0. The van der Waals surface area contributed by atoms with E-state index in [0.29, 0.717) is 17.3 Å². The molecule has 3 heterocycles. The molecule has 2 N–H and O–H groups in total. The van der Waals surface area contributed by atoms with E-state index in [2.05, 4.69) is 20.5 Å². The second-order valence-electron chi connectivity index (χ2n) is 5.74. The highest BCUT2D eigenvalue weighted by molar-refractivity contribution is 6.06. The number of aromatic amines is 1. The quantitative estimate of drug-likeness (QED) is 0.862. The molecular formula is C15H23Cl2N5O. The molecule has 0 saturated carbocycles. The number of nitrogens with one attached hydrogen (secondary N) is 2. The van der Waals surface area contributed by atoms with Gasteiger partial charge in [0, 0.05) is 30.5 Å². The van der Waals surface area contributed by atoms with Crippen LogP contribution in [-0.2, 0) is 0 Å². The molecule has 8 heteroatoms. The number of pyridine rings is 1. The van der Waals surface area contributed by atoms with Crippen molar-refractivity contribution in [3.05, 3.63) is 23.0 Å². The Morgan fingerprint density at radius 2 is 2.13 bits per heavy atom. The van der Waals surface area contributed by atoms with E-state index in [4.69, 9.17) is 0 Å². The van der Waals surface area contributed by atoms with Crippen LogP contribution in [0.5, 0.6) is 0 Å². The van der Waals surface area contributed by atoms with Crippen LogP contribution >= 0.6 is 24.8 Å². The van der Waals surface area contributed by atoms with Gasteiger partial charge in [-0.1, -0.05) is 0 Å². The smallest absolute Gasteiger partial charge is 0.254 e. The van der Waals surface area contributed by atoms with Crippen molar-refractivity contribution >= 4 is 41.8 Å². The normalized spacial score (nSPS) is 17.5. The maximum atomic E-state index is 12.9. The average molecular weight is 360 g/mol. The first-order valence-electron chi connectivity index (χ1n) is 7.39. The van der Waals surface area contributed by atoms with Crippen LogP contribution in [0, 0.1) is 13.8 Å². The molecule has 1 unspecified atom stereocenters. The van der Waals surface area contributed by atoms with Gasteiger partial charge in [-0.25, -0.2) is 4.98 Å². The molecule has 2 aromatic rings. The molecule has 1 amide bonds. The highest BCUT2D eigenvalue weighted by Gasteiger charge is 2.26. The highest BCUT2D eigenvalue weighted by atomic mass is 35.5. The zero-order valence-corrected chi connectivity index (χ0v) is 15.2. The number of fused-ring (bicyclic) bond motifs is 1. The number of carbonyl (C=O) groups is 1. The Kier molecular flexibility index (Phi) is 6.80. The predicted molar refractivity (Wildman–Crippen MR) is 95.8 cm³/mol. The maximum absolute atomic E-state index is 12.9. The number of halogens is 2. The lowest BCUT2D eigenvalue weighted by Gasteiger charge is -2.32. The fraction of sp³-hybridized carbons (Fsp3) is 0.533. The minimum Gasteiger partial charge on any atom is -0.337 e. The van der Waals surface area contributed by atoms with Crippen molar-refractivity contribution in [2.45, 2.75) is 32.7 Å². The molecule has 0 spiro atoms. The molecule has 128 valence electrons. The number of hydrogen-bond acceptors (Lipinski definition) is 4. The number of H-pyrrole nitrogens is 1. The van der Waals surface area contributed by atoms with Crippen LogP contribution in [0.1, 0.15) is 34.6 Å². The lowest BCUT2D eigenvalue weighted by Crippen LogP contribution is -2.47. The van der Waals surface area contributed by atoms with Crippen molar-refractivity contribution in [3.63, 3.8) is 0 Å². The summed E-state index contributed by atoms with van der Waals surface area (Å²) in [5, 5.41) is 11.2. The standard InChI is InChI=1S/C15H21N5O.2ClH/c1-9-7-12(13-10(2)18-19-14(13)17-9)15(21)20-6-4-5-11(8-20)16-3;;/h7,11,16H,4-6,8H2,1-3H3,(H,17,18,19);2*1H. The molecule has 0 aromatic carbocycles. The summed E-state index contributed by atoms with van der Waals surface area (Å²) >= 11 is 0. The summed E-state index contributed by atoms with van der Waals surface area (Å²) in [5.74, 6) is 0.0787. The first-order valence-corrected chi connectivity index (χ1v) is 7.39. The number of aromatic nitrogens is 3. The Balaban J connectivity index is 0.00000132. The van der Waals surface area contributed by atoms with Gasteiger partial charge >= 0.3 is 0 Å². The van der Waals surface area contributed by atoms with Crippen LogP contribution < -0.4 is 5.32 Å². The lowest BCUT2D eigenvalue weighted by molar-refractivity contribution is 0.0700. The second-order valence-corrected chi connectivity index (χ2v) is 5.74. The number of hydrogen-bond donors (Lipinski definition) is 2. The van der Waals surface area contributed by atoms with Crippen LogP contribution in [0.3, 0.4) is 0 Å². The molecule has 1 aliphatic rings. The first-order chi connectivity index (χ1) is 10.1. The van der Waals surface area contributed by atoms with Crippen molar-refractivity contribution in [1.29, 1.82) is 0 Å². The van der Waals surface area contributed by atoms with Crippen LogP contribution in [0.15, 0.2) is 6.07 Å². The molecule has 0 bridgehead atoms. The number of likely N-dealkylation sites (N-methyl/N-ethyl adjacent to an activating group) is 1. The van der Waals surface area contributed by atoms with Gasteiger partial charge in [0.2, 0.25) is 0 Å². The van der Waals surface area contributed by atoms with Gasteiger partial charge in [0.15, 0.2) is 5.65 Å². The third kappa shape index (κ3) is 3.76. The third-order valence-corrected chi connectivity index (χ3v) is 4.18. The van der Waals surface area contributed by atoms with E-state index in [1.807, 2.05) is 31.9 Å². The summed E-state index contributed by atoms with van der Waals surface area (Å²) in [7, 11) is 1.95. The number of piperidine rings is 1. The van der Waals surface area contributed by atoms with Crippen molar-refractivity contribution in [1.82, 2.24) is 25.4 Å². The highest BCUT2D eigenvalue weighted by Crippen LogP contribution is 2.23. The summed E-state index contributed by atoms with van der Waals surface area (Å²) in [6.07, 6.45) is 2.16. The number of likely N-dealkylation sites (tertiary alicyclic amines) is 1. The van der Waals surface area contributed by atoms with Gasteiger partial charge < -0.3 is 10.2 Å². The monoisotopic (exact) mass is 359 g/mol. The summed E-state index contributed by atoms with van der Waals surface area (Å²) in [4.78, 5) is 19.2. The molecule has 0 aliphatic carbocycles. The van der Waals surface area contributed by atoms with Gasteiger partial charge in [-0.05, 0) is 39.8 Å². The second kappa shape index (κ2) is 7.95. The summed E-state index contributed by atoms with van der Waals surface area (Å²) in [5.41, 5.74) is 3.04. The van der Waals surface area contributed by atoms with Gasteiger partial charge in [-0.3, -0.25) is 9.89 Å². The van der Waals surface area contributed by atoms with Crippen molar-refractivity contribution < 1.29 is 4.79 Å². The van der Waals surface area contributed by atoms with Gasteiger partial charge in [0.1, 0.15) is 0 Å². The minimum absolute atomic E-state index is 0. The van der Waals surface area contributed by atoms with E-state index >= 15 is 0 Å². The Morgan fingerprint density at radius 3 is 2.83 bits per heavy atom. The van der Waals surface area contributed by atoms with E-state index in [9.17, 15) is 4.79 Å². The van der Waals surface area contributed by atoms with E-state index in [-0.39, 0.29) is 30.7 Å². The molecule has 1 atom stereocenters. The number of nitrogens with zero attached hydrogens (tertiary/aromatic N) is 3. The number of rotatable bonds is 2. The predicted octanol–water partition coefficient (Wildman–Crippen LogP) is 2.24. The van der Waals surface area contributed by atoms with Gasteiger partial charge in [0.25, 0.3) is 5.91 Å². The van der Waals surface area contributed by atoms with Gasteiger partial charge in [-0.2, -0.15) is 5.10 Å². The van der Waals surface area contributed by atoms with E-state index in [1.165, 1.54) is 0 Å². The molecule has 1 aliphatic heterocycles. The van der Waals surface area contributed by atoms with Crippen LogP contribution in [0.4, 0.5) is 0 Å². The number of carbonyl (C=O) groups excluding carboxylic acids is 1. The lowest BCUT2D eigenvalue weighted by atomic mass is 10.0. The fourth-order valence-electron chi connectivity index (χ4n) is 3.04. The number of amides is 1. The Labute approximate surface area is 148 Å². The molecule has 0 radical (unpaired) electrons. The fourth-order valence-corrected chi connectivity index (χ4v) is 3.04. The van der Waals surface area contributed by atoms with E-state index in [0.717, 1.165) is 42.7 Å². The summed E-state index contributed by atoms with van der Waals surface area (Å²) < 4.78 is 0. The van der Waals surface area contributed by atoms with Gasteiger partial charge in [0.05, 0.1) is 10.9 Å². The van der Waals surface area contributed by atoms with Crippen LogP contribution in [-0.4, -0.2) is 52.2 Å². The molecule has 2 aromatic heterocycles. The molecule has 1 saturated heterocycles. The van der Waals surface area contributed by atoms with E-state index < -0.39 is 0 Å². The first kappa shape index (κ1) is 19.7. The summed E-state index contributed by atoms with van der Waals surface area (Å²) in [6, 6.07) is 2.25. The van der Waals surface area contributed by atoms with Crippen LogP contribution in [0.25, 0.3) is 11.0 Å². The van der Waals surface area contributed by atoms with Crippen LogP contribution in [0.2, 0.25) is 0 Å². The van der Waals surface area contributed by atoms with E-state index in [1.54, 1.807) is 0 Å². The third-order valence-electron chi connectivity index (χ3n) is 4.18. The van der Waals surface area contributed by atoms with Crippen molar-refractivity contribution in [2.75, 3.05) is 20.1 Å². The zero-order chi connectivity index (χ0) is 15.0. The van der Waals surface area contributed by atoms with Crippen molar-refractivity contribution in [3.8, 4) is 0 Å². The van der Waals surface area contributed by atoms with Crippen molar-refractivity contribution in [2.24, 2.45) is 0 Å². The maximum Gasteiger partial charge on any atom is 0.254 e. The summed E-state index contributed by atoms with van der Waals surface area (Å²) in [6.45, 7) is 5.40. The molecular weight excluding hydrogens is 337 g/mol. The molecule has 6 nitrogen and oxygen atoms in total. The van der Waals surface area contributed by atoms with Gasteiger partial charge in [-0.15, -0.1) is 24.8 Å². The zero-order valence-electron chi connectivity index (χ0n) is 13.5. The molecule has 23 heavy (non-hydrogen) atoms. The Bertz CT molecular complexity index is 688. The Morgan fingerprint density at radius 1 is 1.39 bits per heavy atom. The largest absolute Gasteiger partial charge is 0.337 e. The topological polar surface area (TPSA) is 73.9 Å². The Hall–Kier alpha value is -1.37. The number of aryl methyl sites for hydroxylation is 2. The SMILES string of the molecule is CNC1CCCN(C(=O)c2cc(C)nc3n[nH]c(C)c23)C1.Cl.Cl.